The van der Waals surface area contributed by atoms with E-state index >= 15 is 0 Å². The van der Waals surface area contributed by atoms with Gasteiger partial charge in [-0.3, -0.25) is 23.7 Å². The highest BCUT2D eigenvalue weighted by atomic mass is 32.2. The van der Waals surface area contributed by atoms with Crippen LogP contribution in [0, 0.1) is 0 Å². The van der Waals surface area contributed by atoms with Crippen molar-refractivity contribution in [3.8, 4) is 11.1 Å². The Kier molecular flexibility index (Phi) is 33.2. The molecule has 114 heavy (non-hydrogen) atoms. The van der Waals surface area contributed by atoms with E-state index in [0.29, 0.717) is 143 Å². The van der Waals surface area contributed by atoms with E-state index in [0.717, 1.165) is 165 Å². The highest BCUT2D eigenvalue weighted by Gasteiger charge is 2.42. The lowest BCUT2D eigenvalue weighted by atomic mass is 9.81. The van der Waals surface area contributed by atoms with E-state index < -0.39 is 38.0 Å². The molecule has 6 fully saturated rings. The van der Waals surface area contributed by atoms with Gasteiger partial charge in [0.05, 0.1) is 10.6 Å². The number of hydrogen-bond donors (Lipinski definition) is 7. The van der Waals surface area contributed by atoms with E-state index in [1.54, 1.807) is 18.2 Å². The summed E-state index contributed by atoms with van der Waals surface area (Å²) >= 11 is 0. The average molecular weight is 1620 g/mol. The van der Waals surface area contributed by atoms with Crippen LogP contribution in [0.5, 0.6) is 0 Å². The molecule has 7 aliphatic rings. The Labute approximate surface area is 667 Å². The SMILES string of the molecule is C/C=C/C=C1/N(CCC)c2c(cc(-c3cc(C(=O)NCCCCCC(=O)NC4CCN(c5nc(N6CCCCC6)nc(N6CCC(N)CC6)n5)CC4)nc(C(=O)NCCCCCC(=O)NC4CCN(c5nc(N6CCCCC6)nc(N6CCC(N)CC6)n5)CC4)c3)c3ccc(S(=O)(=O)O)cc23)C1(C)C.O=C=O.O=C=O.O=S(=O)=O. The molecular formula is C78H110N20O14S2. The lowest BCUT2D eigenvalue weighted by molar-refractivity contribution is -0.193. The smallest absolute Gasteiger partial charge is 0.353 e. The molecule has 34 nitrogen and oxygen atoms in total. The Morgan fingerprint density at radius 1 is 0.544 bits per heavy atom. The van der Waals surface area contributed by atoms with Crippen LogP contribution in [-0.2, 0) is 54.9 Å². The largest absolute Gasteiger partial charge is 0.425 e. The summed E-state index contributed by atoms with van der Waals surface area (Å²) in [6.07, 6.45) is 25.4. The van der Waals surface area contributed by atoms with Gasteiger partial charge >= 0.3 is 22.9 Å². The molecule has 3 aromatic heterocycles. The zero-order valence-electron chi connectivity index (χ0n) is 65.9. The molecule has 4 amide bonds. The van der Waals surface area contributed by atoms with Crippen LogP contribution in [0.1, 0.15) is 202 Å². The molecule has 2 aromatic carbocycles. The van der Waals surface area contributed by atoms with Gasteiger partial charge in [0.15, 0.2) is 0 Å². The number of rotatable bonds is 27. The maximum atomic E-state index is 14.4. The number of nitrogens with two attached hydrogens (primary N) is 2. The number of unbranched alkanes of at least 4 members (excludes halogenated alkanes) is 4. The van der Waals surface area contributed by atoms with Crippen molar-refractivity contribution < 1.29 is 64.0 Å². The van der Waals surface area contributed by atoms with Gasteiger partial charge in [0.2, 0.25) is 47.5 Å². The van der Waals surface area contributed by atoms with Crippen molar-refractivity contribution in [2.24, 2.45) is 11.5 Å². The lowest BCUT2D eigenvalue weighted by Crippen LogP contribution is -2.45. The number of piperidine rings is 6. The molecule has 0 saturated carbocycles. The van der Waals surface area contributed by atoms with Gasteiger partial charge in [-0.2, -0.15) is 57.5 Å². The van der Waals surface area contributed by atoms with Crippen molar-refractivity contribution in [3.63, 3.8) is 0 Å². The first-order valence-electron chi connectivity index (χ1n) is 40.0. The minimum atomic E-state index is -4.62. The molecule has 0 unspecified atom stereocenters. The Bertz CT molecular complexity index is 4300. The second kappa shape index (κ2) is 43.0. The fourth-order valence-corrected chi connectivity index (χ4v) is 16.2. The Morgan fingerprint density at radius 3 is 1.29 bits per heavy atom. The number of nitrogens with one attached hydrogen (secondary N) is 4. The quantitative estimate of drug-likeness (QED) is 0.0224. The van der Waals surface area contributed by atoms with Crippen molar-refractivity contribution in [2.75, 3.05) is 132 Å². The number of amides is 4. The molecule has 0 bridgehead atoms. The highest BCUT2D eigenvalue weighted by Crippen LogP contribution is 2.53. The number of carbonyl (C=O) groups is 4. The van der Waals surface area contributed by atoms with E-state index in [1.807, 2.05) is 19.1 Å². The zero-order valence-corrected chi connectivity index (χ0v) is 67.5. The Hall–Kier alpha value is -9.96. The number of benzene rings is 2. The number of pyridine rings is 1. The van der Waals surface area contributed by atoms with Gasteiger partial charge in [0, 0.05) is 152 Å². The summed E-state index contributed by atoms with van der Waals surface area (Å²) in [5.74, 6) is 3.32. The lowest BCUT2D eigenvalue weighted by Gasteiger charge is -2.35. The third-order valence-corrected chi connectivity index (χ3v) is 22.7. The van der Waals surface area contributed by atoms with E-state index in [9.17, 15) is 32.1 Å². The molecule has 9 N–H and O–H groups in total. The molecule has 6 saturated heterocycles. The van der Waals surface area contributed by atoms with Gasteiger partial charge in [0.1, 0.15) is 11.4 Å². The van der Waals surface area contributed by atoms with Crippen molar-refractivity contribution in [1.82, 2.24) is 56.2 Å². The molecule has 0 atom stereocenters. The summed E-state index contributed by atoms with van der Waals surface area (Å²) < 4.78 is 61.5. The fourth-order valence-electron chi connectivity index (χ4n) is 15.7. The van der Waals surface area contributed by atoms with E-state index in [2.05, 4.69) is 93.5 Å². The van der Waals surface area contributed by atoms with Crippen LogP contribution in [0.4, 0.5) is 41.4 Å². The van der Waals surface area contributed by atoms with Crippen LogP contribution < -0.4 is 67.0 Å². The maximum Gasteiger partial charge on any atom is 0.425 e. The molecule has 5 aromatic rings. The molecule has 0 aliphatic carbocycles. The van der Waals surface area contributed by atoms with Gasteiger partial charge < -0.3 is 67.0 Å². The molecule has 36 heteroatoms. The van der Waals surface area contributed by atoms with Crippen molar-refractivity contribution in [3.05, 3.63) is 77.3 Å². The Morgan fingerprint density at radius 2 is 0.921 bits per heavy atom. The minimum absolute atomic E-state index is 0.00342. The minimum Gasteiger partial charge on any atom is -0.353 e. The highest BCUT2D eigenvalue weighted by molar-refractivity contribution is 7.85. The summed E-state index contributed by atoms with van der Waals surface area (Å²) in [4.78, 5) is 138. The number of aromatic nitrogens is 7. The van der Waals surface area contributed by atoms with Crippen LogP contribution in [0.2, 0.25) is 0 Å². The molecule has 10 heterocycles. The normalized spacial score (nSPS) is 18.0. The van der Waals surface area contributed by atoms with Crippen molar-refractivity contribution in [1.29, 1.82) is 0 Å². The van der Waals surface area contributed by atoms with Gasteiger partial charge in [-0.15, -0.1) is 12.6 Å². The maximum absolute atomic E-state index is 14.4. The Balaban J connectivity index is 0.00000141. The predicted octanol–water partition coefficient (Wildman–Crippen LogP) is 6.30. The molecule has 12 rings (SSSR count). The van der Waals surface area contributed by atoms with Crippen LogP contribution in [0.25, 0.3) is 21.9 Å². The number of anilines is 7. The van der Waals surface area contributed by atoms with Gasteiger partial charge in [0.25, 0.3) is 21.9 Å². The molecule has 0 spiro atoms. The molecular weight excluding hydrogens is 1510 g/mol. The van der Waals surface area contributed by atoms with Gasteiger partial charge in [-0.25, -0.2) is 4.98 Å². The number of hydrogen-bond acceptors (Lipinski definition) is 29. The summed E-state index contributed by atoms with van der Waals surface area (Å²) in [5, 5.41) is 13.8. The first-order valence-corrected chi connectivity index (χ1v) is 42.5. The fraction of sp³-hybridized carbons (Fsp3) is 0.603. The van der Waals surface area contributed by atoms with Crippen LogP contribution in [0.3, 0.4) is 0 Å². The van der Waals surface area contributed by atoms with E-state index in [4.69, 9.17) is 73.2 Å². The monoisotopic (exact) mass is 1610 g/mol. The number of carbonyl (C=O) groups excluding carboxylic acids is 8. The number of fused-ring (bicyclic) bond motifs is 3. The summed E-state index contributed by atoms with van der Waals surface area (Å²) in [6, 6.07) is 10.4. The van der Waals surface area contributed by atoms with Crippen LogP contribution in [-0.4, -0.2) is 219 Å². The molecule has 0 radical (unpaired) electrons. The average Bonchev–Trinajstić information content (AvgIpc) is 1.54. The van der Waals surface area contributed by atoms with E-state index in [-0.39, 0.29) is 64.6 Å². The number of allylic oxidation sites excluding steroid dienone is 4. The third kappa shape index (κ3) is 24.5. The third-order valence-electron chi connectivity index (χ3n) is 21.9. The summed E-state index contributed by atoms with van der Waals surface area (Å²) in [6.45, 7) is 19.4. The first kappa shape index (κ1) is 88.0. The standard InChI is InChI=1S/C76H110N20O7S.2CO2.O3S/c1-5-7-20-64-76(3,4)61-51-59(58-24-23-57(104(101,102)103)50-60(58)67(61)96(64)35-6-2)52-48-62(68(99)79-33-14-8-12-21-65(97)81-55-29-44-94(45-30-55)74-86-70(90-36-16-10-17-37-90)84-72(88-74)92-40-25-53(77)26-41-92)83-63(49-52)69(100)80-34-15-9-13-22-66(98)82-56-31-46-95(47-32-56)75-87-71(91-38-18-11-19-39-91)85-73(89-75)93-42-27-54(78)28-43-93;2*2-1-3;1-4(2)3/h5,7,20,23-24,48-51,53-56H,6,8-19,21-22,25-47,77-78H2,1-4H3,(H,79,99)(H,80,100)(H,81,97)(H,82,98)(H,101,102,103);;;/b7-5+,64-20+;;;. The first-order chi connectivity index (χ1) is 54.9. The predicted molar refractivity (Wildman–Crippen MR) is 429 cm³/mol. The van der Waals surface area contributed by atoms with Crippen LogP contribution in [0.15, 0.2) is 65.2 Å². The van der Waals surface area contributed by atoms with Gasteiger partial charge in [-0.1, -0.05) is 51.8 Å². The summed E-state index contributed by atoms with van der Waals surface area (Å²) in [5.41, 5.74) is 15.8. The molecule has 618 valence electrons. The second-order valence-corrected chi connectivity index (χ2v) is 32.2. The molecule has 7 aliphatic heterocycles. The number of nitrogens with zero attached hydrogens (tertiary/aromatic N) is 14. The van der Waals surface area contributed by atoms with Crippen molar-refractivity contribution >= 4 is 109 Å². The van der Waals surface area contributed by atoms with Crippen LogP contribution >= 0.6 is 0 Å². The topological polar surface area (TPSA) is 455 Å². The van der Waals surface area contributed by atoms with Gasteiger partial charge in [-0.05, 0) is 187 Å². The van der Waals surface area contributed by atoms with E-state index in [1.165, 1.54) is 25.0 Å². The summed E-state index contributed by atoms with van der Waals surface area (Å²) in [7, 11) is -7.73. The van der Waals surface area contributed by atoms with Crippen molar-refractivity contribution in [2.45, 2.75) is 210 Å². The second-order valence-electron chi connectivity index (χ2n) is 30.4. The zero-order chi connectivity index (χ0) is 81.9.